The number of hydrogen-bond donors (Lipinski definition) is 2. The van der Waals surface area contributed by atoms with E-state index in [4.69, 9.17) is 4.74 Å². The summed E-state index contributed by atoms with van der Waals surface area (Å²) in [6.45, 7) is 2.18. The molecule has 1 aliphatic rings. The summed E-state index contributed by atoms with van der Waals surface area (Å²) >= 11 is 0. The summed E-state index contributed by atoms with van der Waals surface area (Å²) in [5.41, 5.74) is 1.09. The first-order valence-corrected chi connectivity index (χ1v) is 8.71. The van der Waals surface area contributed by atoms with Crippen molar-refractivity contribution in [3.05, 3.63) is 54.9 Å². The van der Waals surface area contributed by atoms with Crippen molar-refractivity contribution in [1.29, 1.82) is 0 Å². The third-order valence-corrected chi connectivity index (χ3v) is 4.20. The van der Waals surface area contributed by atoms with E-state index in [-0.39, 0.29) is 0 Å². The van der Waals surface area contributed by atoms with Gasteiger partial charge in [-0.25, -0.2) is 15.0 Å². The molecule has 1 fully saturated rings. The number of nitrogens with zero attached hydrogens (tertiary/aromatic N) is 5. The van der Waals surface area contributed by atoms with E-state index >= 15 is 0 Å². The molecule has 3 aromatic rings. The van der Waals surface area contributed by atoms with Gasteiger partial charge in [-0.05, 0) is 36.6 Å². The largest absolute Gasteiger partial charge is 0.379 e. The zero-order chi connectivity index (χ0) is 17.6. The summed E-state index contributed by atoms with van der Waals surface area (Å²) in [5, 5.41) is 6.68. The van der Waals surface area contributed by atoms with Crippen molar-refractivity contribution < 1.29 is 4.74 Å². The van der Waals surface area contributed by atoms with Gasteiger partial charge in [-0.1, -0.05) is 0 Å². The molecule has 26 heavy (non-hydrogen) atoms. The van der Waals surface area contributed by atoms with E-state index in [0.29, 0.717) is 18.5 Å². The lowest BCUT2D eigenvalue weighted by Gasteiger charge is -2.23. The minimum Gasteiger partial charge on any atom is -0.379 e. The first-order chi connectivity index (χ1) is 12.9. The van der Waals surface area contributed by atoms with Crippen LogP contribution in [0.5, 0.6) is 0 Å². The molecular formula is C18H21N7O. The number of imidazole rings is 1. The average molecular weight is 351 g/mol. The SMILES string of the molecule is c1cn(-c2cc(CNc3nccc(NC4CCCOC4)n3)ccn2)cn1. The second-order valence-electron chi connectivity index (χ2n) is 6.17. The molecule has 0 radical (unpaired) electrons. The summed E-state index contributed by atoms with van der Waals surface area (Å²) in [6, 6.07) is 6.17. The molecule has 0 saturated carbocycles. The van der Waals surface area contributed by atoms with E-state index in [2.05, 4.69) is 30.6 Å². The fourth-order valence-corrected chi connectivity index (χ4v) is 2.88. The van der Waals surface area contributed by atoms with Crippen molar-refractivity contribution in [2.45, 2.75) is 25.4 Å². The molecule has 8 heteroatoms. The Morgan fingerprint density at radius 1 is 1.19 bits per heavy atom. The third-order valence-electron chi connectivity index (χ3n) is 4.20. The van der Waals surface area contributed by atoms with Crippen LogP contribution in [0.15, 0.2) is 49.3 Å². The van der Waals surface area contributed by atoms with Gasteiger partial charge in [0.25, 0.3) is 0 Å². The van der Waals surface area contributed by atoms with Gasteiger partial charge in [-0.2, -0.15) is 4.98 Å². The highest BCUT2D eigenvalue weighted by molar-refractivity contribution is 5.41. The number of pyridine rings is 1. The van der Waals surface area contributed by atoms with E-state index in [0.717, 1.165) is 43.3 Å². The zero-order valence-corrected chi connectivity index (χ0v) is 14.4. The Morgan fingerprint density at radius 3 is 3.00 bits per heavy atom. The Labute approximate surface area is 151 Å². The highest BCUT2D eigenvalue weighted by atomic mass is 16.5. The smallest absolute Gasteiger partial charge is 0.224 e. The molecule has 1 atom stereocenters. The van der Waals surface area contributed by atoms with Gasteiger partial charge in [-0.3, -0.25) is 4.57 Å². The zero-order valence-electron chi connectivity index (χ0n) is 14.4. The number of nitrogens with one attached hydrogen (secondary N) is 2. The first kappa shape index (κ1) is 16.5. The Bertz CT molecular complexity index is 831. The van der Waals surface area contributed by atoms with Gasteiger partial charge < -0.3 is 15.4 Å². The topological polar surface area (TPSA) is 89.8 Å². The summed E-state index contributed by atoms with van der Waals surface area (Å²) in [6.07, 6.45) is 11.0. The second kappa shape index (κ2) is 7.92. The Balaban J connectivity index is 1.38. The van der Waals surface area contributed by atoms with Crippen LogP contribution in [0.2, 0.25) is 0 Å². The van der Waals surface area contributed by atoms with Crippen molar-refractivity contribution in [2.24, 2.45) is 0 Å². The number of aromatic nitrogens is 5. The third kappa shape index (κ3) is 4.15. The first-order valence-electron chi connectivity index (χ1n) is 8.71. The second-order valence-corrected chi connectivity index (χ2v) is 6.17. The lowest BCUT2D eigenvalue weighted by atomic mass is 10.1. The van der Waals surface area contributed by atoms with E-state index < -0.39 is 0 Å². The average Bonchev–Trinajstić information content (AvgIpc) is 3.23. The summed E-state index contributed by atoms with van der Waals surface area (Å²) in [4.78, 5) is 17.2. The highest BCUT2D eigenvalue weighted by Crippen LogP contribution is 2.14. The molecular weight excluding hydrogens is 330 g/mol. The van der Waals surface area contributed by atoms with Crippen LogP contribution in [0.4, 0.5) is 11.8 Å². The van der Waals surface area contributed by atoms with E-state index in [1.807, 2.05) is 29.0 Å². The van der Waals surface area contributed by atoms with E-state index in [9.17, 15) is 0 Å². The number of rotatable bonds is 6. The van der Waals surface area contributed by atoms with Crippen molar-refractivity contribution in [1.82, 2.24) is 24.5 Å². The maximum atomic E-state index is 5.50. The van der Waals surface area contributed by atoms with E-state index in [1.165, 1.54) is 0 Å². The predicted molar refractivity (Wildman–Crippen MR) is 98.2 cm³/mol. The van der Waals surface area contributed by atoms with Crippen LogP contribution in [0, 0.1) is 0 Å². The van der Waals surface area contributed by atoms with Crippen LogP contribution in [-0.2, 0) is 11.3 Å². The molecule has 4 rings (SSSR count). The lowest BCUT2D eigenvalue weighted by Crippen LogP contribution is -2.30. The molecule has 8 nitrogen and oxygen atoms in total. The number of anilines is 2. The molecule has 4 heterocycles. The van der Waals surface area contributed by atoms with Gasteiger partial charge in [0.05, 0.1) is 12.6 Å². The molecule has 0 amide bonds. The molecule has 2 N–H and O–H groups in total. The number of hydrogen-bond acceptors (Lipinski definition) is 7. The van der Waals surface area contributed by atoms with Crippen molar-refractivity contribution in [3.63, 3.8) is 0 Å². The van der Waals surface area contributed by atoms with Gasteiger partial charge in [0.1, 0.15) is 18.0 Å². The van der Waals surface area contributed by atoms with Gasteiger partial charge in [0, 0.05) is 37.9 Å². The van der Waals surface area contributed by atoms with Gasteiger partial charge in [0.15, 0.2) is 0 Å². The van der Waals surface area contributed by atoms with Crippen LogP contribution in [-0.4, -0.2) is 43.8 Å². The molecule has 0 aromatic carbocycles. The summed E-state index contributed by atoms with van der Waals surface area (Å²) in [5.74, 6) is 2.23. The van der Waals surface area contributed by atoms with Crippen molar-refractivity contribution >= 4 is 11.8 Å². The molecule has 0 bridgehead atoms. The maximum Gasteiger partial charge on any atom is 0.224 e. The van der Waals surface area contributed by atoms with Crippen LogP contribution in [0.3, 0.4) is 0 Å². The lowest BCUT2D eigenvalue weighted by molar-refractivity contribution is 0.0875. The predicted octanol–water partition coefficient (Wildman–Crippen LogP) is 2.26. The number of ether oxygens (including phenoxy) is 1. The van der Waals surface area contributed by atoms with Crippen LogP contribution in [0.1, 0.15) is 18.4 Å². The van der Waals surface area contributed by atoms with Gasteiger partial charge in [-0.15, -0.1) is 0 Å². The minimum atomic E-state index is 0.310. The Hall–Kier alpha value is -3.00. The molecule has 0 spiro atoms. The monoisotopic (exact) mass is 351 g/mol. The van der Waals surface area contributed by atoms with Crippen molar-refractivity contribution in [3.8, 4) is 5.82 Å². The highest BCUT2D eigenvalue weighted by Gasteiger charge is 2.14. The van der Waals surface area contributed by atoms with Crippen LogP contribution < -0.4 is 10.6 Å². The van der Waals surface area contributed by atoms with Gasteiger partial charge in [0.2, 0.25) is 5.95 Å². The fourth-order valence-electron chi connectivity index (χ4n) is 2.88. The van der Waals surface area contributed by atoms with Crippen LogP contribution >= 0.6 is 0 Å². The molecule has 1 saturated heterocycles. The van der Waals surface area contributed by atoms with Crippen molar-refractivity contribution in [2.75, 3.05) is 23.8 Å². The summed E-state index contributed by atoms with van der Waals surface area (Å²) in [7, 11) is 0. The fraction of sp³-hybridized carbons (Fsp3) is 0.333. The summed E-state index contributed by atoms with van der Waals surface area (Å²) < 4.78 is 7.37. The standard InChI is InChI=1S/C18H21N7O/c1-2-15(12-26-9-1)23-16-4-6-21-18(24-16)22-11-14-3-5-20-17(10-14)25-8-7-19-13-25/h3-8,10,13,15H,1-2,9,11-12H2,(H2,21,22,23,24). The minimum absolute atomic E-state index is 0.310. The van der Waals surface area contributed by atoms with Crippen LogP contribution in [0.25, 0.3) is 5.82 Å². The quantitative estimate of drug-likeness (QED) is 0.704. The molecule has 0 aliphatic carbocycles. The Morgan fingerprint density at radius 2 is 2.15 bits per heavy atom. The Kier molecular flexibility index (Phi) is 5.02. The normalized spacial score (nSPS) is 17.0. The molecule has 134 valence electrons. The molecule has 3 aromatic heterocycles. The molecule has 1 aliphatic heterocycles. The molecule has 1 unspecified atom stereocenters. The van der Waals surface area contributed by atoms with Gasteiger partial charge >= 0.3 is 0 Å². The van der Waals surface area contributed by atoms with E-state index in [1.54, 1.807) is 24.9 Å². The maximum absolute atomic E-state index is 5.50.